The summed E-state index contributed by atoms with van der Waals surface area (Å²) in [4.78, 5) is 23.4. The van der Waals surface area contributed by atoms with Crippen molar-refractivity contribution < 1.29 is 14.3 Å². The van der Waals surface area contributed by atoms with E-state index in [1.165, 1.54) is 0 Å². The molecular weight excluding hydrogens is 352 g/mol. The maximum atomic E-state index is 11.8. The van der Waals surface area contributed by atoms with E-state index >= 15 is 0 Å². The zero-order chi connectivity index (χ0) is 20.0. The Kier molecular flexibility index (Phi) is 9.16. The molecule has 2 aromatic carbocycles. The summed E-state index contributed by atoms with van der Waals surface area (Å²) in [6.45, 7) is 3.21. The SMILES string of the molecule is Cc1ccccc1C#CCCC(=O)NCCCNC(=O)OCc1ccccc1. The summed E-state index contributed by atoms with van der Waals surface area (Å²) in [5.74, 6) is 6.09. The molecule has 0 aliphatic carbocycles. The Labute approximate surface area is 166 Å². The Morgan fingerprint density at radius 1 is 0.964 bits per heavy atom. The van der Waals surface area contributed by atoms with Crippen molar-refractivity contribution in [3.05, 3.63) is 71.3 Å². The molecule has 2 aromatic rings. The van der Waals surface area contributed by atoms with Gasteiger partial charge in [0.2, 0.25) is 5.91 Å². The number of carbonyl (C=O) groups excluding carboxylic acids is 2. The van der Waals surface area contributed by atoms with Gasteiger partial charge in [0.25, 0.3) is 0 Å². The first-order valence-corrected chi connectivity index (χ1v) is 9.41. The minimum Gasteiger partial charge on any atom is -0.445 e. The van der Waals surface area contributed by atoms with Crippen LogP contribution in [0.25, 0.3) is 0 Å². The molecule has 0 bridgehead atoms. The van der Waals surface area contributed by atoms with E-state index in [2.05, 4.69) is 22.5 Å². The van der Waals surface area contributed by atoms with Gasteiger partial charge in [-0.3, -0.25) is 4.79 Å². The minimum atomic E-state index is -0.457. The molecule has 0 heterocycles. The topological polar surface area (TPSA) is 67.4 Å². The molecule has 0 saturated heterocycles. The lowest BCUT2D eigenvalue weighted by Crippen LogP contribution is -2.30. The lowest BCUT2D eigenvalue weighted by atomic mass is 10.1. The van der Waals surface area contributed by atoms with Gasteiger partial charge in [0.1, 0.15) is 6.61 Å². The number of nitrogens with one attached hydrogen (secondary N) is 2. The van der Waals surface area contributed by atoms with Crippen molar-refractivity contribution in [2.75, 3.05) is 13.1 Å². The van der Waals surface area contributed by atoms with E-state index in [0.29, 0.717) is 32.4 Å². The molecule has 28 heavy (non-hydrogen) atoms. The first kappa shape index (κ1) is 21.0. The first-order chi connectivity index (χ1) is 13.6. The van der Waals surface area contributed by atoms with Gasteiger partial charge in [-0.05, 0) is 30.5 Å². The van der Waals surface area contributed by atoms with Crippen LogP contribution in [0.2, 0.25) is 0 Å². The molecule has 2 N–H and O–H groups in total. The second-order valence-corrected chi connectivity index (χ2v) is 6.31. The largest absolute Gasteiger partial charge is 0.445 e. The van der Waals surface area contributed by atoms with Gasteiger partial charge in [-0.25, -0.2) is 4.79 Å². The number of ether oxygens (including phenoxy) is 1. The standard InChI is InChI=1S/C23H26N2O3/c1-19-10-5-6-13-21(19)14-7-8-15-22(26)24-16-9-17-25-23(27)28-18-20-11-3-2-4-12-20/h2-6,10-13H,8-9,15-18H2,1H3,(H,24,26)(H,25,27). The number of rotatable bonds is 8. The number of aryl methyl sites for hydroxylation is 1. The number of hydrogen-bond donors (Lipinski definition) is 2. The van der Waals surface area contributed by atoms with Crippen LogP contribution in [0.5, 0.6) is 0 Å². The average Bonchev–Trinajstić information content (AvgIpc) is 2.71. The lowest BCUT2D eigenvalue weighted by molar-refractivity contribution is -0.120. The van der Waals surface area contributed by atoms with Gasteiger partial charge in [-0.15, -0.1) is 0 Å². The van der Waals surface area contributed by atoms with Gasteiger partial charge in [-0.1, -0.05) is 60.4 Å². The third kappa shape index (κ3) is 8.41. The fraction of sp³-hybridized carbons (Fsp3) is 0.304. The summed E-state index contributed by atoms with van der Waals surface area (Å²) in [5, 5.41) is 5.49. The third-order valence-corrected chi connectivity index (χ3v) is 4.00. The summed E-state index contributed by atoms with van der Waals surface area (Å²) in [6.07, 6.45) is 1.07. The molecule has 0 atom stereocenters. The summed E-state index contributed by atoms with van der Waals surface area (Å²) in [5.41, 5.74) is 3.07. The normalized spacial score (nSPS) is 9.75. The second kappa shape index (κ2) is 12.2. The Hall–Kier alpha value is -3.26. The fourth-order valence-corrected chi connectivity index (χ4v) is 2.42. The van der Waals surface area contributed by atoms with E-state index in [9.17, 15) is 9.59 Å². The van der Waals surface area contributed by atoms with E-state index in [1.54, 1.807) is 0 Å². The van der Waals surface area contributed by atoms with E-state index in [0.717, 1.165) is 16.7 Å². The zero-order valence-electron chi connectivity index (χ0n) is 16.2. The third-order valence-electron chi connectivity index (χ3n) is 4.00. The van der Waals surface area contributed by atoms with E-state index in [-0.39, 0.29) is 12.5 Å². The molecule has 0 spiro atoms. The van der Waals surface area contributed by atoms with Crippen molar-refractivity contribution in [2.24, 2.45) is 0 Å². The van der Waals surface area contributed by atoms with Crippen LogP contribution in [0.15, 0.2) is 54.6 Å². The van der Waals surface area contributed by atoms with Crippen molar-refractivity contribution >= 4 is 12.0 Å². The highest BCUT2D eigenvalue weighted by atomic mass is 16.5. The van der Waals surface area contributed by atoms with Crippen LogP contribution in [0.3, 0.4) is 0 Å². The Morgan fingerprint density at radius 2 is 1.68 bits per heavy atom. The van der Waals surface area contributed by atoms with Crippen molar-refractivity contribution in [1.82, 2.24) is 10.6 Å². The maximum absolute atomic E-state index is 11.8. The monoisotopic (exact) mass is 378 g/mol. The maximum Gasteiger partial charge on any atom is 0.407 e. The molecule has 2 rings (SSSR count). The number of hydrogen-bond acceptors (Lipinski definition) is 3. The van der Waals surface area contributed by atoms with Crippen molar-refractivity contribution in [3.8, 4) is 11.8 Å². The van der Waals surface area contributed by atoms with Crippen molar-refractivity contribution in [2.45, 2.75) is 32.8 Å². The predicted octanol–water partition coefficient (Wildman–Crippen LogP) is 3.56. The molecule has 0 saturated carbocycles. The molecule has 2 amide bonds. The highest BCUT2D eigenvalue weighted by molar-refractivity contribution is 5.76. The number of alkyl carbamates (subject to hydrolysis) is 1. The van der Waals surface area contributed by atoms with Crippen LogP contribution in [0.4, 0.5) is 4.79 Å². The molecular formula is C23H26N2O3. The van der Waals surface area contributed by atoms with E-state index in [1.807, 2.05) is 61.5 Å². The molecule has 0 radical (unpaired) electrons. The van der Waals surface area contributed by atoms with Crippen LogP contribution in [-0.2, 0) is 16.1 Å². The Balaban J connectivity index is 1.50. The number of carbonyl (C=O) groups is 2. The van der Waals surface area contributed by atoms with E-state index < -0.39 is 6.09 Å². The van der Waals surface area contributed by atoms with Gasteiger partial charge < -0.3 is 15.4 Å². The summed E-state index contributed by atoms with van der Waals surface area (Å²) in [6, 6.07) is 17.4. The zero-order valence-corrected chi connectivity index (χ0v) is 16.2. The fourth-order valence-electron chi connectivity index (χ4n) is 2.42. The van der Waals surface area contributed by atoms with E-state index in [4.69, 9.17) is 4.74 Å². The van der Waals surface area contributed by atoms with Gasteiger partial charge in [0.15, 0.2) is 0 Å². The molecule has 0 aromatic heterocycles. The first-order valence-electron chi connectivity index (χ1n) is 9.41. The summed E-state index contributed by atoms with van der Waals surface area (Å²) < 4.78 is 5.11. The lowest BCUT2D eigenvalue weighted by Gasteiger charge is -2.07. The van der Waals surface area contributed by atoms with Crippen LogP contribution >= 0.6 is 0 Å². The smallest absolute Gasteiger partial charge is 0.407 e. The highest BCUT2D eigenvalue weighted by Crippen LogP contribution is 2.04. The molecule has 146 valence electrons. The van der Waals surface area contributed by atoms with Crippen LogP contribution in [-0.4, -0.2) is 25.1 Å². The number of amides is 2. The Bertz CT molecular complexity index is 822. The predicted molar refractivity (Wildman–Crippen MR) is 110 cm³/mol. The highest BCUT2D eigenvalue weighted by Gasteiger charge is 2.03. The molecule has 0 aliphatic rings. The van der Waals surface area contributed by atoms with Crippen LogP contribution < -0.4 is 10.6 Å². The van der Waals surface area contributed by atoms with Gasteiger partial charge >= 0.3 is 6.09 Å². The molecule has 0 aliphatic heterocycles. The summed E-state index contributed by atoms with van der Waals surface area (Å²) >= 11 is 0. The molecule has 0 fully saturated rings. The van der Waals surface area contributed by atoms with Crippen molar-refractivity contribution in [1.29, 1.82) is 0 Å². The average molecular weight is 378 g/mol. The minimum absolute atomic E-state index is 0.0364. The summed E-state index contributed by atoms with van der Waals surface area (Å²) in [7, 11) is 0. The number of benzene rings is 2. The van der Waals surface area contributed by atoms with Gasteiger partial charge in [-0.2, -0.15) is 0 Å². The molecule has 5 nitrogen and oxygen atoms in total. The van der Waals surface area contributed by atoms with Crippen LogP contribution in [0.1, 0.15) is 36.0 Å². The molecule has 0 unspecified atom stereocenters. The van der Waals surface area contributed by atoms with Gasteiger partial charge in [0, 0.05) is 31.5 Å². The van der Waals surface area contributed by atoms with Crippen LogP contribution in [0, 0.1) is 18.8 Å². The quantitative estimate of drug-likeness (QED) is 0.545. The van der Waals surface area contributed by atoms with Gasteiger partial charge in [0.05, 0.1) is 0 Å². The second-order valence-electron chi connectivity index (χ2n) is 6.31. The Morgan fingerprint density at radius 3 is 2.46 bits per heavy atom. The van der Waals surface area contributed by atoms with Crippen molar-refractivity contribution in [3.63, 3.8) is 0 Å². The molecule has 5 heteroatoms.